The molecule has 28 heavy (non-hydrogen) atoms. The number of aromatic nitrogens is 1. The second-order valence-corrected chi connectivity index (χ2v) is 7.49. The van der Waals surface area contributed by atoms with Crippen molar-refractivity contribution in [2.75, 3.05) is 36.0 Å². The van der Waals surface area contributed by atoms with Gasteiger partial charge in [0.05, 0.1) is 22.1 Å². The highest BCUT2D eigenvalue weighted by Gasteiger charge is 2.34. The van der Waals surface area contributed by atoms with Crippen molar-refractivity contribution in [2.45, 2.75) is 26.9 Å². The topological polar surface area (TPSA) is 126 Å². The van der Waals surface area contributed by atoms with Crippen LogP contribution in [0.15, 0.2) is 11.4 Å². The molecule has 1 aliphatic rings. The minimum atomic E-state index is -0.617. The van der Waals surface area contributed by atoms with Crippen molar-refractivity contribution in [2.24, 2.45) is 0 Å². The smallest absolute Gasteiger partial charge is 0.302 e. The van der Waals surface area contributed by atoms with Crippen molar-refractivity contribution >= 4 is 33.5 Å². The van der Waals surface area contributed by atoms with Crippen LogP contribution in [0.25, 0.3) is 0 Å². The Bertz CT molecular complexity index is 916. The molecule has 2 aromatic rings. The summed E-state index contributed by atoms with van der Waals surface area (Å²) in [4.78, 5) is 30.5. The number of aryl methyl sites for hydroxylation is 1. The van der Waals surface area contributed by atoms with Crippen molar-refractivity contribution in [1.82, 2.24) is 4.98 Å². The van der Waals surface area contributed by atoms with Gasteiger partial charge < -0.3 is 14.9 Å². The minimum absolute atomic E-state index is 0.0156. The Balaban J connectivity index is 2.01. The molecule has 1 fully saturated rings. The summed E-state index contributed by atoms with van der Waals surface area (Å²) in [6.07, 6.45) is 0.688. The predicted octanol–water partition coefficient (Wildman–Crippen LogP) is 2.79. The number of nitrogens with zero attached hydrogens (tertiary/aromatic N) is 5. The Kier molecular flexibility index (Phi) is 5.75. The molecule has 10 nitrogen and oxygen atoms in total. The maximum Gasteiger partial charge on any atom is 0.302 e. The summed E-state index contributed by atoms with van der Waals surface area (Å²) < 4.78 is 0. The van der Waals surface area contributed by atoms with Gasteiger partial charge in [0, 0.05) is 43.2 Å². The molecule has 1 aromatic heterocycles. The van der Waals surface area contributed by atoms with E-state index in [-0.39, 0.29) is 28.2 Å². The lowest BCUT2D eigenvalue weighted by atomic mass is 10.0. The average Bonchev–Trinajstić information content (AvgIpc) is 2.93. The fourth-order valence-corrected chi connectivity index (χ4v) is 4.31. The molecule has 0 radical (unpaired) electrons. The molecule has 150 valence electrons. The Morgan fingerprint density at radius 3 is 2.39 bits per heavy atom. The van der Waals surface area contributed by atoms with Crippen LogP contribution in [0, 0.1) is 34.1 Å². The standard InChI is InChI=1S/C17H21N5O5S/c1-11-10-28-17(18-11)20-5-3-4-19(6-7-20)16-14(21(24)25)8-13(9-23)12(2)15(16)22(26)27/h8,10,23H,3-7,9H2,1-2H3. The molecule has 0 amide bonds. The van der Waals surface area contributed by atoms with Gasteiger partial charge in [-0.1, -0.05) is 0 Å². The van der Waals surface area contributed by atoms with Crippen molar-refractivity contribution in [3.63, 3.8) is 0 Å². The summed E-state index contributed by atoms with van der Waals surface area (Å²) in [5.41, 5.74) is 0.739. The molecule has 0 atom stereocenters. The molecule has 3 rings (SSSR count). The lowest BCUT2D eigenvalue weighted by molar-refractivity contribution is -0.393. The molecular weight excluding hydrogens is 386 g/mol. The number of nitro benzene ring substituents is 2. The molecule has 2 heterocycles. The first kappa shape index (κ1) is 20.0. The lowest BCUT2D eigenvalue weighted by Crippen LogP contribution is -2.31. The molecular formula is C17H21N5O5S. The van der Waals surface area contributed by atoms with Crippen molar-refractivity contribution in [1.29, 1.82) is 0 Å². The van der Waals surface area contributed by atoms with Crippen LogP contribution < -0.4 is 9.80 Å². The maximum absolute atomic E-state index is 11.8. The van der Waals surface area contributed by atoms with E-state index in [0.29, 0.717) is 26.1 Å². The van der Waals surface area contributed by atoms with E-state index < -0.39 is 16.5 Å². The predicted molar refractivity (Wildman–Crippen MR) is 106 cm³/mol. The molecule has 0 spiro atoms. The van der Waals surface area contributed by atoms with Crippen molar-refractivity contribution < 1.29 is 15.0 Å². The van der Waals surface area contributed by atoms with E-state index >= 15 is 0 Å². The number of anilines is 2. The highest BCUT2D eigenvalue weighted by molar-refractivity contribution is 7.13. The fourth-order valence-electron chi connectivity index (χ4n) is 3.45. The summed E-state index contributed by atoms with van der Waals surface area (Å²) in [7, 11) is 0. The molecule has 0 aliphatic carbocycles. The molecule has 11 heteroatoms. The normalized spacial score (nSPS) is 14.8. The van der Waals surface area contributed by atoms with Gasteiger partial charge in [-0.3, -0.25) is 20.2 Å². The summed E-state index contributed by atoms with van der Waals surface area (Å²) >= 11 is 1.54. The summed E-state index contributed by atoms with van der Waals surface area (Å²) in [5, 5.41) is 35.7. The summed E-state index contributed by atoms with van der Waals surface area (Å²) in [6, 6.07) is 1.24. The van der Waals surface area contributed by atoms with Gasteiger partial charge in [0.1, 0.15) is 0 Å². The number of thiazole rings is 1. The van der Waals surface area contributed by atoms with E-state index in [4.69, 9.17) is 0 Å². The molecule has 1 saturated heterocycles. The first-order chi connectivity index (χ1) is 13.3. The van der Waals surface area contributed by atoms with E-state index in [1.807, 2.05) is 12.3 Å². The van der Waals surface area contributed by atoms with Gasteiger partial charge in [0.25, 0.3) is 5.69 Å². The molecule has 1 aliphatic heterocycles. The Morgan fingerprint density at radius 2 is 1.82 bits per heavy atom. The van der Waals surface area contributed by atoms with Crippen LogP contribution in [0.1, 0.15) is 23.2 Å². The van der Waals surface area contributed by atoms with Gasteiger partial charge in [-0.2, -0.15) is 0 Å². The van der Waals surface area contributed by atoms with Gasteiger partial charge in [0.15, 0.2) is 10.8 Å². The highest BCUT2D eigenvalue weighted by Crippen LogP contribution is 2.42. The Morgan fingerprint density at radius 1 is 1.14 bits per heavy atom. The minimum Gasteiger partial charge on any atom is -0.392 e. The Labute approximate surface area is 165 Å². The third-order valence-electron chi connectivity index (χ3n) is 4.85. The van der Waals surface area contributed by atoms with Gasteiger partial charge in [0.2, 0.25) is 0 Å². The zero-order chi connectivity index (χ0) is 20.4. The van der Waals surface area contributed by atoms with Crippen molar-refractivity contribution in [3.8, 4) is 0 Å². The van der Waals surface area contributed by atoms with Crippen LogP contribution in [0.3, 0.4) is 0 Å². The lowest BCUT2D eigenvalue weighted by Gasteiger charge is -2.24. The number of hydrogen-bond acceptors (Lipinski definition) is 9. The van der Waals surface area contributed by atoms with Gasteiger partial charge in [-0.05, 0) is 25.8 Å². The second-order valence-electron chi connectivity index (χ2n) is 6.65. The molecule has 0 bridgehead atoms. The number of benzene rings is 1. The third-order valence-corrected chi connectivity index (χ3v) is 5.87. The SMILES string of the molecule is Cc1csc(N2CCCN(c3c([N+](=O)[O-])cc(CO)c(C)c3[N+](=O)[O-])CC2)n1. The van der Waals surface area contributed by atoms with Crippen LogP contribution in [-0.4, -0.2) is 46.1 Å². The van der Waals surface area contributed by atoms with Crippen LogP contribution in [0.5, 0.6) is 0 Å². The van der Waals surface area contributed by atoms with E-state index in [0.717, 1.165) is 17.4 Å². The largest absolute Gasteiger partial charge is 0.392 e. The molecule has 0 saturated carbocycles. The van der Waals surface area contributed by atoms with E-state index in [1.165, 1.54) is 24.3 Å². The van der Waals surface area contributed by atoms with E-state index in [2.05, 4.69) is 9.88 Å². The number of aliphatic hydroxyl groups is 1. The highest BCUT2D eigenvalue weighted by atomic mass is 32.1. The first-order valence-electron chi connectivity index (χ1n) is 8.81. The zero-order valence-corrected chi connectivity index (χ0v) is 16.4. The number of hydrogen-bond donors (Lipinski definition) is 1. The van der Waals surface area contributed by atoms with Crippen molar-refractivity contribution in [3.05, 3.63) is 48.5 Å². The summed E-state index contributed by atoms with van der Waals surface area (Å²) in [6.45, 7) is 5.08. The Hall–Kier alpha value is -2.79. The first-order valence-corrected chi connectivity index (χ1v) is 9.69. The maximum atomic E-state index is 11.8. The number of rotatable bonds is 5. The van der Waals surface area contributed by atoms with Crippen LogP contribution in [-0.2, 0) is 6.61 Å². The number of aliphatic hydroxyl groups excluding tert-OH is 1. The summed E-state index contributed by atoms with van der Waals surface area (Å²) in [5.74, 6) is 0. The van der Waals surface area contributed by atoms with Gasteiger partial charge in [-0.25, -0.2) is 4.98 Å². The van der Waals surface area contributed by atoms with E-state index in [9.17, 15) is 25.3 Å². The van der Waals surface area contributed by atoms with Gasteiger partial charge in [-0.15, -0.1) is 11.3 Å². The quantitative estimate of drug-likeness (QED) is 0.592. The average molecular weight is 407 g/mol. The van der Waals surface area contributed by atoms with E-state index in [1.54, 1.807) is 4.90 Å². The fraction of sp³-hybridized carbons (Fsp3) is 0.471. The third kappa shape index (κ3) is 3.76. The molecule has 0 unspecified atom stereocenters. The molecule has 1 aromatic carbocycles. The van der Waals surface area contributed by atoms with Gasteiger partial charge >= 0.3 is 5.69 Å². The molecule has 1 N–H and O–H groups in total. The second kappa shape index (κ2) is 8.07. The monoisotopic (exact) mass is 407 g/mol. The zero-order valence-electron chi connectivity index (χ0n) is 15.6. The van der Waals surface area contributed by atoms with Crippen LogP contribution in [0.4, 0.5) is 22.2 Å². The number of nitro groups is 2. The van der Waals surface area contributed by atoms with Crippen LogP contribution >= 0.6 is 11.3 Å². The van der Waals surface area contributed by atoms with Crippen LogP contribution in [0.2, 0.25) is 0 Å².